The van der Waals surface area contributed by atoms with Crippen molar-refractivity contribution in [2.24, 2.45) is 55.1 Å². The quantitative estimate of drug-likeness (QED) is 0.0228. The highest BCUT2D eigenvalue weighted by Gasteiger charge is 2.29. The van der Waals surface area contributed by atoms with E-state index in [0.29, 0.717) is 19.3 Å². The molecule has 0 aliphatic rings. The summed E-state index contributed by atoms with van der Waals surface area (Å²) >= 11 is 0. The number of guanidine groups is 3. The molecular formula is C36H72N14O5. The molecule has 0 aliphatic carbocycles. The summed E-state index contributed by atoms with van der Waals surface area (Å²) in [5.41, 5.74) is 37.9. The fourth-order valence-electron chi connectivity index (χ4n) is 5.69. The summed E-state index contributed by atoms with van der Waals surface area (Å²) in [6.07, 6.45) is 17.1. The molecule has 0 aromatic carbocycles. The van der Waals surface area contributed by atoms with Crippen LogP contribution in [0.1, 0.15) is 135 Å². The zero-order valence-electron chi connectivity index (χ0n) is 33.1. The molecule has 0 spiro atoms. The number of nitrogens with one attached hydrogen (secondary N) is 4. The van der Waals surface area contributed by atoms with Crippen LogP contribution in [0.2, 0.25) is 0 Å². The predicted molar refractivity (Wildman–Crippen MR) is 218 cm³/mol. The summed E-state index contributed by atoms with van der Waals surface area (Å²) in [7, 11) is 0. The Morgan fingerprint density at radius 3 is 1.22 bits per heavy atom. The summed E-state index contributed by atoms with van der Waals surface area (Å²) in [6.45, 7) is 2.45. The fourth-order valence-corrected chi connectivity index (χ4v) is 5.69. The summed E-state index contributed by atoms with van der Waals surface area (Å²) in [6, 6.07) is -3.34. The summed E-state index contributed by atoms with van der Waals surface area (Å²) in [5.74, 6) is -3.39. The molecule has 316 valence electrons. The molecule has 0 aliphatic heterocycles. The average molecular weight is 781 g/mol. The highest BCUT2D eigenvalue weighted by atomic mass is 16.2. The highest BCUT2D eigenvalue weighted by molar-refractivity contribution is 5.94. The van der Waals surface area contributed by atoms with E-state index in [4.69, 9.17) is 40.1 Å². The number of carbonyl (C=O) groups excluding carboxylic acids is 5. The molecule has 0 bridgehead atoms. The lowest BCUT2D eigenvalue weighted by atomic mass is 10.0. The van der Waals surface area contributed by atoms with E-state index in [1.54, 1.807) is 0 Å². The minimum Gasteiger partial charge on any atom is -0.370 e. The van der Waals surface area contributed by atoms with Crippen molar-refractivity contribution in [2.75, 3.05) is 26.2 Å². The van der Waals surface area contributed by atoms with E-state index in [9.17, 15) is 24.0 Å². The van der Waals surface area contributed by atoms with Gasteiger partial charge in [-0.1, -0.05) is 84.0 Å². The Morgan fingerprint density at radius 2 is 0.818 bits per heavy atom. The monoisotopic (exact) mass is 781 g/mol. The summed E-state index contributed by atoms with van der Waals surface area (Å²) in [4.78, 5) is 76.1. The number of aliphatic imine (C=N–C) groups is 3. The van der Waals surface area contributed by atoms with Crippen LogP contribution in [0.3, 0.4) is 0 Å². The fraction of sp³-hybridized carbons (Fsp3) is 0.778. The molecule has 19 nitrogen and oxygen atoms in total. The van der Waals surface area contributed by atoms with Gasteiger partial charge in [-0.2, -0.15) is 0 Å². The van der Waals surface area contributed by atoms with Crippen molar-refractivity contribution in [2.45, 2.75) is 153 Å². The Bertz CT molecular complexity index is 1200. The van der Waals surface area contributed by atoms with E-state index in [-0.39, 0.29) is 75.6 Å². The lowest BCUT2D eigenvalue weighted by molar-refractivity contribution is -0.133. The molecule has 0 saturated heterocycles. The lowest BCUT2D eigenvalue weighted by Gasteiger charge is -2.25. The summed E-state index contributed by atoms with van der Waals surface area (Å²) < 4.78 is 0. The number of amides is 5. The Hall–Kier alpha value is -4.84. The number of unbranched alkanes of at least 4 members (excludes halogenated alkanes) is 12. The van der Waals surface area contributed by atoms with Gasteiger partial charge in [0.2, 0.25) is 29.5 Å². The van der Waals surface area contributed by atoms with E-state index in [1.807, 2.05) is 0 Å². The van der Waals surface area contributed by atoms with E-state index in [2.05, 4.69) is 43.2 Å². The SMILES string of the molecule is CCCCCCCCCCCCCCCC(=O)NCC(=O)N[C@@H](CCCN=C(N)N)C(=O)N[C@@H](CCCN=C(N)N)C(=O)N[C@@H](CCCN=C(N)N)C(N)=O. The van der Waals surface area contributed by atoms with Crippen molar-refractivity contribution < 1.29 is 24.0 Å². The number of carbonyl (C=O) groups is 5. The molecule has 0 heterocycles. The molecule has 0 saturated carbocycles. The van der Waals surface area contributed by atoms with Gasteiger partial charge in [0.05, 0.1) is 6.54 Å². The highest BCUT2D eigenvalue weighted by Crippen LogP contribution is 2.13. The van der Waals surface area contributed by atoms with Crippen LogP contribution < -0.4 is 61.4 Å². The molecular weight excluding hydrogens is 708 g/mol. The second-order valence-corrected chi connectivity index (χ2v) is 13.8. The number of hydrogen-bond acceptors (Lipinski definition) is 8. The van der Waals surface area contributed by atoms with Crippen LogP contribution in [0.15, 0.2) is 15.0 Å². The van der Waals surface area contributed by atoms with Gasteiger partial charge < -0.3 is 61.4 Å². The van der Waals surface area contributed by atoms with Gasteiger partial charge in [0, 0.05) is 26.1 Å². The Kier molecular flexibility index (Phi) is 29.7. The first-order valence-corrected chi connectivity index (χ1v) is 19.9. The van der Waals surface area contributed by atoms with E-state index < -0.39 is 41.8 Å². The zero-order chi connectivity index (χ0) is 41.3. The topological polar surface area (TPSA) is 353 Å². The molecule has 0 unspecified atom stereocenters. The van der Waals surface area contributed by atoms with Crippen LogP contribution in [0, 0.1) is 0 Å². The molecule has 0 rings (SSSR count). The van der Waals surface area contributed by atoms with Gasteiger partial charge in [0.25, 0.3) is 0 Å². The van der Waals surface area contributed by atoms with Crippen LogP contribution >= 0.6 is 0 Å². The van der Waals surface area contributed by atoms with Gasteiger partial charge >= 0.3 is 0 Å². The Labute approximate surface area is 327 Å². The van der Waals surface area contributed by atoms with Gasteiger partial charge in [0.15, 0.2) is 17.9 Å². The first kappa shape index (κ1) is 50.2. The third-order valence-corrected chi connectivity index (χ3v) is 8.73. The molecule has 3 atom stereocenters. The molecule has 5 amide bonds. The van der Waals surface area contributed by atoms with Crippen LogP contribution in [-0.4, -0.2) is 91.7 Å². The van der Waals surface area contributed by atoms with Gasteiger partial charge in [-0.25, -0.2) is 0 Å². The normalized spacial score (nSPS) is 12.3. The van der Waals surface area contributed by atoms with E-state index >= 15 is 0 Å². The second-order valence-electron chi connectivity index (χ2n) is 13.8. The van der Waals surface area contributed by atoms with Crippen molar-refractivity contribution in [1.29, 1.82) is 0 Å². The van der Waals surface area contributed by atoms with E-state index in [1.165, 1.54) is 57.8 Å². The zero-order valence-corrected chi connectivity index (χ0v) is 33.1. The van der Waals surface area contributed by atoms with Crippen LogP contribution in [-0.2, 0) is 24.0 Å². The number of nitrogens with two attached hydrogens (primary N) is 7. The lowest BCUT2D eigenvalue weighted by Crippen LogP contribution is -2.57. The van der Waals surface area contributed by atoms with Gasteiger partial charge in [0.1, 0.15) is 18.1 Å². The maximum atomic E-state index is 13.6. The van der Waals surface area contributed by atoms with Crippen molar-refractivity contribution in [1.82, 2.24) is 21.3 Å². The number of nitrogens with zero attached hydrogens (tertiary/aromatic N) is 3. The third kappa shape index (κ3) is 30.2. The third-order valence-electron chi connectivity index (χ3n) is 8.73. The van der Waals surface area contributed by atoms with Crippen molar-refractivity contribution in [3.63, 3.8) is 0 Å². The van der Waals surface area contributed by atoms with Gasteiger partial charge in [-0.3, -0.25) is 38.9 Å². The first-order valence-electron chi connectivity index (χ1n) is 19.9. The molecule has 0 aromatic rings. The number of hydrogen-bond donors (Lipinski definition) is 11. The number of rotatable bonds is 34. The minimum absolute atomic E-state index is 0.0811. The summed E-state index contributed by atoms with van der Waals surface area (Å²) in [5, 5.41) is 10.5. The van der Waals surface area contributed by atoms with Crippen LogP contribution in [0.25, 0.3) is 0 Å². The van der Waals surface area contributed by atoms with Crippen molar-refractivity contribution >= 4 is 47.4 Å². The second kappa shape index (κ2) is 32.6. The molecule has 18 N–H and O–H groups in total. The molecule has 19 heteroatoms. The van der Waals surface area contributed by atoms with Crippen molar-refractivity contribution in [3.8, 4) is 0 Å². The van der Waals surface area contributed by atoms with Gasteiger partial charge in [-0.05, 0) is 44.9 Å². The Morgan fingerprint density at radius 1 is 0.455 bits per heavy atom. The first-order chi connectivity index (χ1) is 26.3. The molecule has 0 radical (unpaired) electrons. The largest absolute Gasteiger partial charge is 0.370 e. The predicted octanol–water partition coefficient (Wildman–Crippen LogP) is -0.316. The van der Waals surface area contributed by atoms with Crippen LogP contribution in [0.5, 0.6) is 0 Å². The standard InChI is InChI=1S/C36H72N14O5/c1-2-3-4-5-6-7-8-9-10-11-12-13-14-21-29(51)47-25-30(52)48-27(19-16-23-45-35(40)41)32(54)50-28(20-17-24-46-36(42)43)33(55)49-26(31(37)53)18-15-22-44-34(38)39/h26-28H,2-25H2,1H3,(H2,37,53)(H,47,51)(H,48,52)(H,49,55)(H,50,54)(H4,38,39,44)(H4,40,41,45)(H4,42,43,46)/t26-,27-,28-/m0/s1. The van der Waals surface area contributed by atoms with Crippen molar-refractivity contribution in [3.05, 3.63) is 0 Å². The van der Waals surface area contributed by atoms with Crippen LogP contribution in [0.4, 0.5) is 0 Å². The molecule has 55 heavy (non-hydrogen) atoms. The smallest absolute Gasteiger partial charge is 0.243 e. The maximum Gasteiger partial charge on any atom is 0.243 e. The minimum atomic E-state index is -1.15. The average Bonchev–Trinajstić information content (AvgIpc) is 3.12. The molecule has 0 fully saturated rings. The Balaban J connectivity index is 5.20. The van der Waals surface area contributed by atoms with E-state index in [0.717, 1.165) is 25.7 Å². The number of primary amides is 1. The maximum absolute atomic E-state index is 13.6. The van der Waals surface area contributed by atoms with Gasteiger partial charge in [-0.15, -0.1) is 0 Å². The molecule has 0 aromatic heterocycles.